The van der Waals surface area contributed by atoms with E-state index in [1.807, 2.05) is 0 Å². The highest BCUT2D eigenvalue weighted by Crippen LogP contribution is 2.47. The third-order valence-electron chi connectivity index (χ3n) is 16.8. The zero-order valence-corrected chi connectivity index (χ0v) is 40.0. The van der Waals surface area contributed by atoms with Gasteiger partial charge < -0.3 is 18.0 Å². The van der Waals surface area contributed by atoms with Crippen molar-refractivity contribution < 1.29 is 8.83 Å². The monoisotopic (exact) mass is 918 g/mol. The van der Waals surface area contributed by atoms with E-state index in [2.05, 4.69) is 191 Å². The summed E-state index contributed by atoms with van der Waals surface area (Å²) in [5, 5.41) is 9.85. The molecule has 0 N–H and O–H groups in total. The second-order valence-corrected chi connectivity index (χ2v) is 20.7. The summed E-state index contributed by atoms with van der Waals surface area (Å²) >= 11 is 0. The lowest BCUT2D eigenvalue weighted by Crippen LogP contribution is -2.04. The van der Waals surface area contributed by atoms with Crippen LogP contribution in [-0.2, 0) is 0 Å². The number of aromatic nitrogens is 2. The Kier molecular flexibility index (Phi) is 9.46. The van der Waals surface area contributed by atoms with E-state index in [0.717, 1.165) is 44.5 Å². The third-order valence-corrected chi connectivity index (χ3v) is 16.8. The predicted molar refractivity (Wildman–Crippen MR) is 297 cm³/mol. The van der Waals surface area contributed by atoms with Gasteiger partial charge in [0.05, 0.1) is 22.1 Å². The zero-order valence-electron chi connectivity index (χ0n) is 40.0. The molecule has 0 spiro atoms. The molecule has 9 aromatic carbocycles. The van der Waals surface area contributed by atoms with Crippen molar-refractivity contribution in [3.63, 3.8) is 0 Å². The van der Waals surface area contributed by atoms with E-state index in [-0.39, 0.29) is 0 Å². The highest BCUT2D eigenvalue weighted by Gasteiger charge is 2.25. The molecule has 0 unspecified atom stereocenters. The molecule has 2 aliphatic carbocycles. The van der Waals surface area contributed by atoms with Crippen molar-refractivity contribution in [2.75, 3.05) is 0 Å². The minimum atomic E-state index is 0.579. The van der Waals surface area contributed by atoms with Gasteiger partial charge in [-0.3, -0.25) is 0 Å². The molecule has 4 aromatic heterocycles. The van der Waals surface area contributed by atoms with Crippen LogP contribution in [0.25, 0.3) is 121 Å². The summed E-state index contributed by atoms with van der Waals surface area (Å²) in [4.78, 5) is 0. The summed E-state index contributed by atoms with van der Waals surface area (Å²) in [6.07, 6.45) is 14.3. The second-order valence-electron chi connectivity index (χ2n) is 20.7. The minimum absolute atomic E-state index is 0.579. The molecule has 2 aliphatic rings. The summed E-state index contributed by atoms with van der Waals surface area (Å²) in [5.41, 5.74) is 18.7. The van der Waals surface area contributed by atoms with Crippen molar-refractivity contribution in [1.29, 1.82) is 0 Å². The van der Waals surface area contributed by atoms with Gasteiger partial charge in [0, 0.05) is 54.5 Å². The highest BCUT2D eigenvalue weighted by atomic mass is 16.3. The van der Waals surface area contributed by atoms with Crippen LogP contribution in [0.4, 0.5) is 0 Å². The number of benzene rings is 9. The van der Waals surface area contributed by atoms with Crippen LogP contribution in [0.15, 0.2) is 191 Å². The molecule has 0 saturated heterocycles. The van der Waals surface area contributed by atoms with Gasteiger partial charge in [0.1, 0.15) is 22.3 Å². The molecule has 344 valence electrons. The van der Waals surface area contributed by atoms with E-state index in [1.165, 1.54) is 158 Å². The Bertz CT molecular complexity index is 4240. The maximum Gasteiger partial charge on any atom is 0.136 e. The van der Waals surface area contributed by atoms with Gasteiger partial charge in [0.2, 0.25) is 0 Å². The predicted octanol–water partition coefficient (Wildman–Crippen LogP) is 19.5. The molecule has 0 aliphatic heterocycles. The molecule has 0 amide bonds. The zero-order chi connectivity index (χ0) is 46.6. The van der Waals surface area contributed by atoms with Gasteiger partial charge >= 0.3 is 0 Å². The quantitative estimate of drug-likeness (QED) is 0.156. The second kappa shape index (κ2) is 16.4. The number of furan rings is 2. The Morgan fingerprint density at radius 1 is 0.296 bits per heavy atom. The van der Waals surface area contributed by atoms with Crippen molar-refractivity contribution in [2.45, 2.75) is 82.5 Å². The van der Waals surface area contributed by atoms with Gasteiger partial charge in [0.25, 0.3) is 0 Å². The molecule has 2 saturated carbocycles. The molecule has 4 nitrogen and oxygen atoms in total. The average molecular weight is 919 g/mol. The number of para-hydroxylation sites is 2. The van der Waals surface area contributed by atoms with Crippen molar-refractivity contribution in [3.05, 3.63) is 193 Å². The molecular formula is C67H54N2O2. The van der Waals surface area contributed by atoms with Gasteiger partial charge in [-0.05, 0) is 150 Å². The fraction of sp³-hybridized carbons (Fsp3) is 0.194. The van der Waals surface area contributed by atoms with Crippen molar-refractivity contribution in [2.24, 2.45) is 0 Å². The highest BCUT2D eigenvalue weighted by molar-refractivity contribution is 6.23. The average Bonchev–Trinajstić information content (AvgIpc) is 4.13. The Hall–Kier alpha value is -7.82. The molecule has 4 heteroatoms. The Labute approximate surface area is 412 Å². The van der Waals surface area contributed by atoms with Gasteiger partial charge in [-0.15, -0.1) is 0 Å². The first-order valence-electron chi connectivity index (χ1n) is 26.3. The fourth-order valence-corrected chi connectivity index (χ4v) is 13.5. The van der Waals surface area contributed by atoms with E-state index in [0.29, 0.717) is 11.8 Å². The normalized spacial score (nSPS) is 15.4. The van der Waals surface area contributed by atoms with Gasteiger partial charge in [0.15, 0.2) is 0 Å². The largest absolute Gasteiger partial charge is 0.456 e. The van der Waals surface area contributed by atoms with Crippen LogP contribution in [0.1, 0.15) is 93.6 Å². The summed E-state index contributed by atoms with van der Waals surface area (Å²) in [5.74, 6) is 1.17. The fourth-order valence-electron chi connectivity index (χ4n) is 13.5. The van der Waals surface area contributed by atoms with Crippen molar-refractivity contribution >= 4 is 87.5 Å². The van der Waals surface area contributed by atoms with Crippen molar-refractivity contribution in [3.8, 4) is 33.6 Å². The van der Waals surface area contributed by atoms with Crippen molar-refractivity contribution in [1.82, 2.24) is 9.13 Å². The molecule has 4 heterocycles. The first-order chi connectivity index (χ1) is 35.2. The topological polar surface area (TPSA) is 36.1 Å². The van der Waals surface area contributed by atoms with E-state index >= 15 is 0 Å². The van der Waals surface area contributed by atoms with Crippen LogP contribution in [0.2, 0.25) is 0 Å². The third kappa shape index (κ3) is 6.43. The Morgan fingerprint density at radius 3 is 1.17 bits per heavy atom. The van der Waals surface area contributed by atoms with Gasteiger partial charge in [-0.2, -0.15) is 0 Å². The molecule has 13 aromatic rings. The molecule has 2 fully saturated rings. The Morgan fingerprint density at radius 2 is 0.690 bits per heavy atom. The molecular weight excluding hydrogens is 865 g/mol. The lowest BCUT2D eigenvalue weighted by molar-refractivity contribution is 0.444. The summed E-state index contributed by atoms with van der Waals surface area (Å²) in [7, 11) is 0. The molecule has 71 heavy (non-hydrogen) atoms. The number of hydrogen-bond donors (Lipinski definition) is 0. The first kappa shape index (κ1) is 41.0. The van der Waals surface area contributed by atoms with E-state index in [9.17, 15) is 0 Å². The SMILES string of the molecule is c1cc(-n2c3ccc(C4CCCCCC4)cc3c3c(-c4cccc5oc6ccccc6c45)cccc32)cc(-n2c3ccc(C4CCCCC4)cc3c3c(-c4cccc5oc6ccccc6c45)cccc32)c1. The number of fused-ring (bicyclic) bond motifs is 12. The maximum atomic E-state index is 6.50. The maximum absolute atomic E-state index is 6.50. The number of rotatable bonds is 6. The van der Waals surface area contributed by atoms with Gasteiger partial charge in [-0.25, -0.2) is 0 Å². The van der Waals surface area contributed by atoms with Crippen LogP contribution >= 0.6 is 0 Å². The van der Waals surface area contributed by atoms with Crippen LogP contribution in [0.3, 0.4) is 0 Å². The Balaban J connectivity index is 0.974. The summed E-state index contributed by atoms with van der Waals surface area (Å²) < 4.78 is 18.1. The summed E-state index contributed by atoms with van der Waals surface area (Å²) in [6, 6.07) is 68.1. The first-order valence-corrected chi connectivity index (χ1v) is 26.3. The standard InChI is InChI=1S/C67H54N2O2/c1-2-5-18-42(17-4-1)44-35-37-56-54(39-44)64-48(50-27-15-33-62-66(50)52-23-8-10-31-60(52)70-62)25-13-29-58(64)68(56)46-21-12-22-47(41-46)69-57-38-36-45(43-19-6-3-7-20-43)40-55(57)65-49(26-14-30-59(65)69)51-28-16-34-63-67(51)53-24-9-11-32-61(53)71-63/h8-16,21-43H,1-7,17-20H2. The van der Waals surface area contributed by atoms with E-state index < -0.39 is 0 Å². The lowest BCUT2D eigenvalue weighted by atomic mass is 9.83. The molecule has 0 radical (unpaired) electrons. The van der Waals surface area contributed by atoms with E-state index in [1.54, 1.807) is 0 Å². The van der Waals surface area contributed by atoms with E-state index in [4.69, 9.17) is 8.83 Å². The minimum Gasteiger partial charge on any atom is -0.456 e. The van der Waals surface area contributed by atoms with Crippen LogP contribution in [-0.4, -0.2) is 9.13 Å². The number of nitrogens with zero attached hydrogens (tertiary/aromatic N) is 2. The molecule has 0 bridgehead atoms. The lowest BCUT2D eigenvalue weighted by Gasteiger charge is -2.22. The summed E-state index contributed by atoms with van der Waals surface area (Å²) in [6.45, 7) is 0. The molecule has 15 rings (SSSR count). The molecule has 0 atom stereocenters. The number of hydrogen-bond acceptors (Lipinski definition) is 2. The van der Waals surface area contributed by atoms with Gasteiger partial charge in [-0.1, -0.05) is 148 Å². The van der Waals surface area contributed by atoms with Crippen LogP contribution in [0, 0.1) is 0 Å². The van der Waals surface area contributed by atoms with Crippen LogP contribution in [0.5, 0.6) is 0 Å². The smallest absolute Gasteiger partial charge is 0.136 e. The van der Waals surface area contributed by atoms with Crippen LogP contribution < -0.4 is 0 Å².